The predicted molar refractivity (Wildman–Crippen MR) is 213 cm³/mol. The summed E-state index contributed by atoms with van der Waals surface area (Å²) in [7, 11) is -7.63. The van der Waals surface area contributed by atoms with Crippen LogP contribution in [0.4, 0.5) is 4.79 Å². The highest BCUT2D eigenvalue weighted by Crippen LogP contribution is 2.14. The van der Waals surface area contributed by atoms with Crippen LogP contribution in [0.15, 0.2) is 58.3 Å². The molecule has 0 aliphatic heterocycles. The van der Waals surface area contributed by atoms with Gasteiger partial charge in [0.2, 0.25) is 0 Å². The molecule has 2 aromatic carbocycles. The van der Waals surface area contributed by atoms with Crippen molar-refractivity contribution in [2.45, 2.75) is 50.0 Å². The van der Waals surface area contributed by atoms with Crippen LogP contribution in [-0.4, -0.2) is 165 Å². The maximum absolute atomic E-state index is 12.7. The maximum atomic E-state index is 12.7. The lowest BCUT2D eigenvalue weighted by Gasteiger charge is -2.27. The minimum atomic E-state index is -3.81. The summed E-state index contributed by atoms with van der Waals surface area (Å²) in [6.07, 6.45) is -0.464. The number of benzene rings is 2. The number of hydrogen-bond acceptors (Lipinski definition) is 16. The Hall–Kier alpha value is -2.79. The lowest BCUT2D eigenvalue weighted by atomic mass is 10.2. The molecule has 58 heavy (non-hydrogen) atoms. The molecule has 0 aliphatic rings. The largest absolute Gasteiger partial charge is 0.444 e. The van der Waals surface area contributed by atoms with Gasteiger partial charge in [-0.1, -0.05) is 35.4 Å². The maximum Gasteiger partial charge on any atom is 0.410 e. The summed E-state index contributed by atoms with van der Waals surface area (Å²) in [4.78, 5) is 14.5. The van der Waals surface area contributed by atoms with Crippen LogP contribution in [0.25, 0.3) is 0 Å². The van der Waals surface area contributed by atoms with Gasteiger partial charge in [0, 0.05) is 13.1 Å². The first-order valence-corrected chi connectivity index (χ1v) is 22.0. The standard InChI is InChI=1S/C39H63NO16S2/c1-34-6-10-36(11-7-34)57(42,43)54-32-30-52-28-26-50-24-22-48-20-18-46-16-14-40(38(41)56-39(3,4)5)15-17-47-19-21-49-23-25-51-27-29-53-31-33-55-58(44,45)37-12-8-35(2)9-13-37/h6-13H,14-33H2,1-5H3. The zero-order valence-corrected chi connectivity index (χ0v) is 36.2. The van der Waals surface area contributed by atoms with E-state index in [1.165, 1.54) is 29.2 Å². The second-order valence-electron chi connectivity index (χ2n) is 13.5. The third-order valence-electron chi connectivity index (χ3n) is 7.45. The molecule has 332 valence electrons. The molecule has 0 spiro atoms. The highest BCUT2D eigenvalue weighted by Gasteiger charge is 2.22. The SMILES string of the molecule is Cc1ccc(S(=O)(=O)OCCOCCOCCOCCOCCN(CCOCCOCCOCCOCCOS(=O)(=O)c2ccc(C)cc2)C(=O)OC(C)(C)C)cc1. The average molecular weight is 866 g/mol. The minimum absolute atomic E-state index is 0.0924. The number of nitrogens with zero attached hydrogens (tertiary/aromatic N) is 1. The van der Waals surface area contributed by atoms with Crippen molar-refractivity contribution >= 4 is 26.3 Å². The number of carbonyl (C=O) groups is 1. The van der Waals surface area contributed by atoms with E-state index in [9.17, 15) is 21.6 Å². The molecular weight excluding hydrogens is 803 g/mol. The van der Waals surface area contributed by atoms with E-state index < -0.39 is 31.9 Å². The van der Waals surface area contributed by atoms with Gasteiger partial charge in [0.25, 0.3) is 20.2 Å². The number of carbonyl (C=O) groups excluding carboxylic acids is 1. The van der Waals surface area contributed by atoms with Crippen molar-refractivity contribution in [1.82, 2.24) is 4.90 Å². The summed E-state index contributed by atoms with van der Waals surface area (Å²) in [6, 6.07) is 12.8. The second kappa shape index (κ2) is 29.4. The molecule has 0 atom stereocenters. The van der Waals surface area contributed by atoms with E-state index in [2.05, 4.69) is 0 Å². The summed E-state index contributed by atoms with van der Waals surface area (Å²) in [5.74, 6) is 0. The molecule has 0 aliphatic carbocycles. The van der Waals surface area contributed by atoms with Crippen LogP contribution in [0.2, 0.25) is 0 Å². The van der Waals surface area contributed by atoms with Gasteiger partial charge in [-0.05, 0) is 58.9 Å². The van der Waals surface area contributed by atoms with Gasteiger partial charge in [0.05, 0.1) is 129 Å². The zero-order chi connectivity index (χ0) is 42.5. The van der Waals surface area contributed by atoms with E-state index in [0.717, 1.165) is 11.1 Å². The monoisotopic (exact) mass is 865 g/mol. The van der Waals surface area contributed by atoms with E-state index in [1.807, 2.05) is 13.8 Å². The molecule has 2 aromatic rings. The topological polar surface area (TPSA) is 190 Å². The molecule has 2 rings (SSSR count). The third kappa shape index (κ3) is 25.0. The van der Waals surface area contributed by atoms with Crippen LogP contribution in [0, 0.1) is 13.8 Å². The number of amides is 1. The first kappa shape index (κ1) is 51.4. The smallest absolute Gasteiger partial charge is 0.410 e. The molecule has 17 nitrogen and oxygen atoms in total. The van der Waals surface area contributed by atoms with Crippen molar-refractivity contribution in [3.63, 3.8) is 0 Å². The van der Waals surface area contributed by atoms with Crippen molar-refractivity contribution in [3.05, 3.63) is 59.7 Å². The predicted octanol–water partition coefficient (Wildman–Crippen LogP) is 3.78. The second-order valence-corrected chi connectivity index (χ2v) is 16.8. The van der Waals surface area contributed by atoms with Gasteiger partial charge in [-0.3, -0.25) is 8.37 Å². The van der Waals surface area contributed by atoms with Gasteiger partial charge < -0.3 is 47.5 Å². The normalized spacial score (nSPS) is 12.2. The average Bonchev–Trinajstić information content (AvgIpc) is 3.16. The molecule has 0 saturated carbocycles. The molecule has 0 radical (unpaired) electrons. The Morgan fingerprint density at radius 2 is 0.707 bits per heavy atom. The first-order valence-electron chi connectivity index (χ1n) is 19.2. The van der Waals surface area contributed by atoms with Gasteiger partial charge in [-0.15, -0.1) is 0 Å². The number of aryl methyl sites for hydroxylation is 2. The summed E-state index contributed by atoms with van der Waals surface area (Å²) in [5.41, 5.74) is 1.26. The number of ether oxygens (including phenoxy) is 9. The fraction of sp³-hybridized carbons (Fsp3) is 0.667. The van der Waals surface area contributed by atoms with Gasteiger partial charge in [0.15, 0.2) is 0 Å². The van der Waals surface area contributed by atoms with Crippen molar-refractivity contribution in [2.75, 3.05) is 132 Å². The molecule has 0 heterocycles. The Morgan fingerprint density at radius 3 is 0.983 bits per heavy atom. The molecule has 19 heteroatoms. The molecular formula is C39H63NO16S2. The lowest BCUT2D eigenvalue weighted by Crippen LogP contribution is -2.40. The fourth-order valence-corrected chi connectivity index (χ4v) is 6.23. The van der Waals surface area contributed by atoms with Crippen molar-refractivity contribution in [2.24, 2.45) is 0 Å². The van der Waals surface area contributed by atoms with Crippen molar-refractivity contribution < 1.29 is 72.6 Å². The third-order valence-corrected chi connectivity index (χ3v) is 10.1. The highest BCUT2D eigenvalue weighted by atomic mass is 32.2. The van der Waals surface area contributed by atoms with Crippen LogP contribution < -0.4 is 0 Å². The van der Waals surface area contributed by atoms with Crippen molar-refractivity contribution in [3.8, 4) is 0 Å². The first-order chi connectivity index (χ1) is 27.7. The van der Waals surface area contributed by atoms with Crippen molar-refractivity contribution in [1.29, 1.82) is 0 Å². The molecule has 0 bridgehead atoms. The zero-order valence-electron chi connectivity index (χ0n) is 34.6. The van der Waals surface area contributed by atoms with E-state index in [-0.39, 0.29) is 62.6 Å². The quantitative estimate of drug-likeness (QED) is 0.0729. The van der Waals surface area contributed by atoms with E-state index in [0.29, 0.717) is 79.2 Å². The fourth-order valence-electron chi connectivity index (χ4n) is 4.45. The summed E-state index contributed by atoms with van der Waals surface area (Å²) in [5, 5.41) is 0. The highest BCUT2D eigenvalue weighted by molar-refractivity contribution is 7.87. The van der Waals surface area contributed by atoms with Crippen LogP contribution in [0.5, 0.6) is 0 Å². The van der Waals surface area contributed by atoms with E-state index in [4.69, 9.17) is 51.0 Å². The molecule has 0 aromatic heterocycles. The molecule has 1 amide bonds. The Kier molecular flexibility index (Phi) is 26.1. The molecule has 0 unspecified atom stereocenters. The number of rotatable bonds is 34. The lowest BCUT2D eigenvalue weighted by molar-refractivity contribution is -0.0156. The van der Waals surface area contributed by atoms with E-state index in [1.54, 1.807) is 45.0 Å². The minimum Gasteiger partial charge on any atom is -0.444 e. The summed E-state index contributed by atoms with van der Waals surface area (Å²) >= 11 is 0. The summed E-state index contributed by atoms with van der Waals surface area (Å²) < 4.78 is 108. The summed E-state index contributed by atoms with van der Waals surface area (Å²) in [6.45, 7) is 14.4. The van der Waals surface area contributed by atoms with Gasteiger partial charge in [0.1, 0.15) is 5.60 Å². The van der Waals surface area contributed by atoms with Gasteiger partial charge in [-0.2, -0.15) is 16.8 Å². The molecule has 0 N–H and O–H groups in total. The van der Waals surface area contributed by atoms with Crippen LogP contribution in [0.3, 0.4) is 0 Å². The van der Waals surface area contributed by atoms with Crippen LogP contribution >= 0.6 is 0 Å². The number of hydrogen-bond donors (Lipinski definition) is 0. The van der Waals surface area contributed by atoms with Gasteiger partial charge in [-0.25, -0.2) is 4.79 Å². The van der Waals surface area contributed by atoms with Crippen LogP contribution in [0.1, 0.15) is 31.9 Å². The Balaban J connectivity index is 1.41. The Bertz CT molecular complexity index is 1480. The molecule has 0 fully saturated rings. The molecule has 0 saturated heterocycles. The van der Waals surface area contributed by atoms with Crippen LogP contribution in [-0.2, 0) is 71.2 Å². The van der Waals surface area contributed by atoms with E-state index >= 15 is 0 Å². The Labute approximate surface area is 344 Å². The Morgan fingerprint density at radius 1 is 0.448 bits per heavy atom. The van der Waals surface area contributed by atoms with Gasteiger partial charge >= 0.3 is 6.09 Å².